The van der Waals surface area contributed by atoms with Crippen LogP contribution in [0.2, 0.25) is 0 Å². The van der Waals surface area contributed by atoms with Crippen LogP contribution in [0.15, 0.2) is 54.1 Å². The quantitative estimate of drug-likeness (QED) is 0.671. The minimum absolute atomic E-state index is 0.000316. The van der Waals surface area contributed by atoms with Gasteiger partial charge in [0.2, 0.25) is 0 Å². The van der Waals surface area contributed by atoms with Crippen LogP contribution in [0.5, 0.6) is 11.5 Å². The van der Waals surface area contributed by atoms with Gasteiger partial charge in [0.15, 0.2) is 0 Å². The zero-order chi connectivity index (χ0) is 15.9. The van der Waals surface area contributed by atoms with Gasteiger partial charge in [0.25, 0.3) is 5.91 Å². The lowest BCUT2D eigenvalue weighted by Gasteiger charge is -2.09. The standard InChI is InChI=1S/C17H14N2O3/c1-22-16-9-5-3-7-14(16)19-17(21)13(11-18)10-12-6-2-4-8-15(12)20/h2-10,20H,1H3,(H,19,21)/b13-10+. The fraction of sp³-hybridized carbons (Fsp3) is 0.0588. The molecule has 2 N–H and O–H groups in total. The van der Waals surface area contributed by atoms with Crippen molar-refractivity contribution in [3.8, 4) is 17.6 Å². The highest BCUT2D eigenvalue weighted by Crippen LogP contribution is 2.24. The fourth-order valence-electron chi connectivity index (χ4n) is 1.85. The SMILES string of the molecule is COc1ccccc1NC(=O)/C(C#N)=C/c1ccccc1O. The molecule has 2 aromatic carbocycles. The van der Waals surface area contributed by atoms with Crippen LogP contribution < -0.4 is 10.1 Å². The zero-order valence-electron chi connectivity index (χ0n) is 11.9. The van der Waals surface area contributed by atoms with Gasteiger partial charge in [-0.05, 0) is 24.3 Å². The number of phenols is 1. The van der Waals surface area contributed by atoms with Crippen molar-refractivity contribution in [2.45, 2.75) is 0 Å². The molecule has 1 amide bonds. The van der Waals surface area contributed by atoms with Crippen LogP contribution in [-0.4, -0.2) is 18.1 Å². The molecular formula is C17H14N2O3. The van der Waals surface area contributed by atoms with Crippen molar-refractivity contribution in [2.75, 3.05) is 12.4 Å². The Hall–Kier alpha value is -3.26. The number of methoxy groups -OCH3 is 1. The van der Waals surface area contributed by atoms with Crippen molar-refractivity contribution in [1.29, 1.82) is 5.26 Å². The van der Waals surface area contributed by atoms with Crippen molar-refractivity contribution in [3.63, 3.8) is 0 Å². The number of benzene rings is 2. The molecule has 0 spiro atoms. The van der Waals surface area contributed by atoms with Gasteiger partial charge in [0.1, 0.15) is 23.1 Å². The molecule has 0 aliphatic rings. The Morgan fingerprint density at radius 1 is 1.23 bits per heavy atom. The minimum atomic E-state index is -0.574. The maximum Gasteiger partial charge on any atom is 0.266 e. The Morgan fingerprint density at radius 2 is 1.91 bits per heavy atom. The maximum absolute atomic E-state index is 12.2. The molecule has 5 nitrogen and oxygen atoms in total. The largest absolute Gasteiger partial charge is 0.507 e. The zero-order valence-corrected chi connectivity index (χ0v) is 11.9. The van der Waals surface area contributed by atoms with Gasteiger partial charge >= 0.3 is 0 Å². The molecule has 0 fully saturated rings. The molecule has 0 saturated carbocycles. The number of phenolic OH excluding ortho intramolecular Hbond substituents is 1. The van der Waals surface area contributed by atoms with Crippen LogP contribution in [0.4, 0.5) is 5.69 Å². The minimum Gasteiger partial charge on any atom is -0.507 e. The third-order valence-electron chi connectivity index (χ3n) is 2.96. The van der Waals surface area contributed by atoms with E-state index in [9.17, 15) is 9.90 Å². The predicted octanol–water partition coefficient (Wildman–Crippen LogP) is 2.95. The molecule has 2 rings (SSSR count). The predicted molar refractivity (Wildman–Crippen MR) is 83.3 cm³/mol. The number of ether oxygens (including phenoxy) is 1. The molecule has 0 heterocycles. The topological polar surface area (TPSA) is 82.3 Å². The monoisotopic (exact) mass is 294 g/mol. The summed E-state index contributed by atoms with van der Waals surface area (Å²) in [4.78, 5) is 12.2. The summed E-state index contributed by atoms with van der Waals surface area (Å²) in [7, 11) is 1.49. The number of nitrogens with one attached hydrogen (secondary N) is 1. The van der Waals surface area contributed by atoms with Crippen molar-refractivity contribution in [2.24, 2.45) is 0 Å². The van der Waals surface area contributed by atoms with Gasteiger partial charge in [-0.3, -0.25) is 4.79 Å². The van der Waals surface area contributed by atoms with Crippen molar-refractivity contribution in [3.05, 3.63) is 59.7 Å². The second-order valence-electron chi connectivity index (χ2n) is 4.38. The number of anilines is 1. The second-order valence-corrected chi connectivity index (χ2v) is 4.38. The third-order valence-corrected chi connectivity index (χ3v) is 2.96. The highest BCUT2D eigenvalue weighted by molar-refractivity contribution is 6.10. The molecule has 2 aromatic rings. The summed E-state index contributed by atoms with van der Waals surface area (Å²) in [5, 5.41) is 21.5. The molecule has 0 saturated heterocycles. The molecule has 0 radical (unpaired) electrons. The van der Waals surface area contributed by atoms with Gasteiger partial charge in [0, 0.05) is 5.56 Å². The van der Waals surface area contributed by atoms with E-state index >= 15 is 0 Å². The van der Waals surface area contributed by atoms with Crippen molar-refractivity contribution < 1.29 is 14.6 Å². The normalized spacial score (nSPS) is 10.6. The molecule has 0 unspecified atom stereocenters. The number of carbonyl (C=O) groups excluding carboxylic acids is 1. The van der Waals surface area contributed by atoms with Crippen LogP contribution in [0.3, 0.4) is 0 Å². The highest BCUT2D eigenvalue weighted by atomic mass is 16.5. The maximum atomic E-state index is 12.2. The number of rotatable bonds is 4. The van der Waals surface area contributed by atoms with Gasteiger partial charge in [-0.25, -0.2) is 0 Å². The van der Waals surface area contributed by atoms with Crippen molar-refractivity contribution in [1.82, 2.24) is 0 Å². The van der Waals surface area contributed by atoms with E-state index in [0.717, 1.165) is 0 Å². The highest BCUT2D eigenvalue weighted by Gasteiger charge is 2.12. The molecule has 0 aromatic heterocycles. The lowest BCUT2D eigenvalue weighted by Crippen LogP contribution is -2.14. The van der Waals surface area contributed by atoms with Gasteiger partial charge in [0.05, 0.1) is 12.8 Å². The molecular weight excluding hydrogens is 280 g/mol. The lowest BCUT2D eigenvalue weighted by atomic mass is 10.1. The summed E-state index contributed by atoms with van der Waals surface area (Å²) in [6, 6.07) is 15.2. The van der Waals surface area contributed by atoms with Crippen LogP contribution >= 0.6 is 0 Å². The first-order valence-electron chi connectivity index (χ1n) is 6.50. The van der Waals surface area contributed by atoms with E-state index in [-0.39, 0.29) is 11.3 Å². The second kappa shape index (κ2) is 6.95. The van der Waals surface area contributed by atoms with E-state index in [2.05, 4.69) is 5.32 Å². The van der Waals surface area contributed by atoms with E-state index in [1.54, 1.807) is 42.5 Å². The number of hydrogen-bond donors (Lipinski definition) is 2. The van der Waals surface area contributed by atoms with Gasteiger partial charge in [-0.1, -0.05) is 30.3 Å². The summed E-state index contributed by atoms with van der Waals surface area (Å²) in [5.41, 5.74) is 0.745. The molecule has 0 bridgehead atoms. The lowest BCUT2D eigenvalue weighted by molar-refractivity contribution is -0.112. The first-order valence-corrected chi connectivity index (χ1v) is 6.50. The summed E-state index contributed by atoms with van der Waals surface area (Å²) in [5.74, 6) is -0.0775. The smallest absolute Gasteiger partial charge is 0.266 e. The van der Waals surface area contributed by atoms with Crippen molar-refractivity contribution >= 4 is 17.7 Å². The first-order chi connectivity index (χ1) is 10.7. The van der Waals surface area contributed by atoms with Crippen LogP contribution in [0.1, 0.15) is 5.56 Å². The number of nitriles is 1. The summed E-state index contributed by atoms with van der Waals surface area (Å²) >= 11 is 0. The Morgan fingerprint density at radius 3 is 2.59 bits per heavy atom. The van der Waals surface area contributed by atoms with Gasteiger partial charge < -0.3 is 15.2 Å². The van der Waals surface area contributed by atoms with Crippen LogP contribution in [0.25, 0.3) is 6.08 Å². The first kappa shape index (κ1) is 15.1. The van der Waals surface area contributed by atoms with E-state index in [0.29, 0.717) is 17.0 Å². The average Bonchev–Trinajstić information content (AvgIpc) is 2.54. The molecule has 110 valence electrons. The molecule has 5 heteroatoms. The van der Waals surface area contributed by atoms with Crippen LogP contribution in [0, 0.1) is 11.3 Å². The Bertz CT molecular complexity index is 760. The number of hydrogen-bond acceptors (Lipinski definition) is 4. The molecule has 0 aliphatic carbocycles. The fourth-order valence-corrected chi connectivity index (χ4v) is 1.85. The molecule has 0 aliphatic heterocycles. The van der Waals surface area contributed by atoms with Gasteiger partial charge in [-0.2, -0.15) is 5.26 Å². The van der Waals surface area contributed by atoms with E-state index in [1.807, 2.05) is 6.07 Å². The molecule has 22 heavy (non-hydrogen) atoms. The Kier molecular flexibility index (Phi) is 4.78. The summed E-state index contributed by atoms with van der Waals surface area (Å²) in [6.45, 7) is 0. The molecule has 0 atom stereocenters. The Labute approximate surface area is 128 Å². The number of nitrogens with zero attached hydrogens (tertiary/aromatic N) is 1. The van der Waals surface area contributed by atoms with Gasteiger partial charge in [-0.15, -0.1) is 0 Å². The Balaban J connectivity index is 2.27. The number of aromatic hydroxyl groups is 1. The van der Waals surface area contributed by atoms with E-state index < -0.39 is 5.91 Å². The van der Waals surface area contributed by atoms with E-state index in [1.165, 1.54) is 19.3 Å². The van der Waals surface area contributed by atoms with E-state index in [4.69, 9.17) is 10.00 Å². The van der Waals surface area contributed by atoms with Crippen LogP contribution in [-0.2, 0) is 4.79 Å². The number of para-hydroxylation sites is 3. The summed E-state index contributed by atoms with van der Waals surface area (Å²) in [6.07, 6.45) is 1.33. The third kappa shape index (κ3) is 3.44. The summed E-state index contributed by atoms with van der Waals surface area (Å²) < 4.78 is 5.14. The number of amides is 1. The number of carbonyl (C=O) groups is 1. The average molecular weight is 294 g/mol.